The lowest BCUT2D eigenvalue weighted by Gasteiger charge is -2.13. The van der Waals surface area contributed by atoms with E-state index >= 15 is 0 Å². The van der Waals surface area contributed by atoms with Crippen molar-refractivity contribution in [2.75, 3.05) is 10.6 Å². The van der Waals surface area contributed by atoms with E-state index in [2.05, 4.69) is 41.7 Å². The molecular weight excluding hydrogens is 825 g/mol. The molecule has 16 heteroatoms. The molecule has 0 saturated carbocycles. The highest BCUT2D eigenvalue weighted by Crippen LogP contribution is 2.34. The Morgan fingerprint density at radius 3 is 1.44 bits per heavy atom. The van der Waals surface area contributed by atoms with Crippen LogP contribution in [0.25, 0.3) is 33.4 Å². The molecule has 0 bridgehead atoms. The minimum atomic E-state index is -3.93. The number of nitrogens with zero attached hydrogens (tertiary/aromatic N) is 2. The maximum Gasteiger partial charge on any atom is 0.319 e. The summed E-state index contributed by atoms with van der Waals surface area (Å²) in [6.07, 6.45) is 6.55. The van der Waals surface area contributed by atoms with Gasteiger partial charge in [0, 0.05) is 53.5 Å². The molecule has 0 atom stereocenters. The molecule has 0 saturated heterocycles. The number of hydrogen-bond donors (Lipinski definition) is 6. The van der Waals surface area contributed by atoms with Gasteiger partial charge in [0.05, 0.1) is 32.0 Å². The first-order valence-corrected chi connectivity index (χ1v) is 22.2. The molecule has 0 unspecified atom stereocenters. The number of carbonyl (C=O) groups is 2. The van der Waals surface area contributed by atoms with Gasteiger partial charge in [0.1, 0.15) is 0 Å². The predicted molar refractivity (Wildman–Crippen MR) is 235 cm³/mol. The molecule has 6 N–H and O–H groups in total. The van der Waals surface area contributed by atoms with Crippen molar-refractivity contribution in [3.8, 4) is 33.4 Å². The molecule has 2 aromatic heterocycles. The van der Waals surface area contributed by atoms with E-state index < -0.39 is 31.7 Å². The molecule has 8 aromatic rings. The fourth-order valence-electron chi connectivity index (χ4n) is 6.64. The second-order valence-electron chi connectivity index (χ2n) is 14.1. The number of hydrogen-bond acceptors (Lipinski definition) is 8. The molecule has 0 fully saturated rings. The fourth-order valence-corrected chi connectivity index (χ4v) is 9.43. The van der Waals surface area contributed by atoms with Crippen LogP contribution in [0.4, 0.5) is 21.0 Å². The number of anilines is 2. The van der Waals surface area contributed by atoms with Crippen molar-refractivity contribution in [3.63, 3.8) is 0 Å². The van der Waals surface area contributed by atoms with Gasteiger partial charge in [-0.2, -0.15) is 10.2 Å². The van der Waals surface area contributed by atoms with E-state index in [9.17, 15) is 26.4 Å². The minimum absolute atomic E-state index is 0.0847. The zero-order chi connectivity index (χ0) is 43.1. The Hall–Kier alpha value is -7.82. The van der Waals surface area contributed by atoms with Gasteiger partial charge in [-0.25, -0.2) is 26.4 Å². The molecule has 0 radical (unpaired) electrons. The van der Waals surface area contributed by atoms with Gasteiger partial charge in [0.2, 0.25) is 19.7 Å². The van der Waals surface area contributed by atoms with Crippen LogP contribution in [-0.4, -0.2) is 49.3 Å². The van der Waals surface area contributed by atoms with Crippen molar-refractivity contribution in [2.24, 2.45) is 0 Å². The van der Waals surface area contributed by atoms with Crippen LogP contribution in [-0.2, 0) is 32.8 Å². The maximum atomic E-state index is 13.9. The average molecular weight is 863 g/mol. The molecular formula is C46H38N8O6S2. The number of sulfone groups is 2. The number of H-pyrrole nitrogens is 2. The summed E-state index contributed by atoms with van der Waals surface area (Å²) in [6, 6.07) is 40.0. The first kappa shape index (κ1) is 40.9. The number of amides is 4. The maximum absolute atomic E-state index is 13.9. The SMILES string of the molecule is O=C(NCc1cn[nH]c1)Nc1ccc(S(=O)(=O)c2cccc(-c3ccc(-c4ccc(-c5ccccc5S(=O)(=O)c5ccc(NC(=O)NCc6cn[nH]c6)cc5)cc4)cc3)c2)cc1. The van der Waals surface area contributed by atoms with Gasteiger partial charge >= 0.3 is 12.1 Å². The van der Waals surface area contributed by atoms with Crippen molar-refractivity contribution >= 4 is 43.1 Å². The number of aromatic nitrogens is 4. The molecule has 310 valence electrons. The first-order valence-electron chi connectivity index (χ1n) is 19.2. The van der Waals surface area contributed by atoms with Crippen molar-refractivity contribution in [1.29, 1.82) is 0 Å². The molecule has 4 amide bonds. The summed E-state index contributed by atoms with van der Waals surface area (Å²) in [5, 5.41) is 23.9. The number of benzene rings is 6. The van der Waals surface area contributed by atoms with Crippen LogP contribution in [0.2, 0.25) is 0 Å². The molecule has 0 aliphatic heterocycles. The molecule has 0 aliphatic rings. The van der Waals surface area contributed by atoms with Crippen LogP contribution in [0.1, 0.15) is 11.1 Å². The second kappa shape index (κ2) is 17.8. The quantitative estimate of drug-likeness (QED) is 0.0661. The van der Waals surface area contributed by atoms with Crippen molar-refractivity contribution in [2.45, 2.75) is 32.7 Å². The largest absolute Gasteiger partial charge is 0.334 e. The Labute approximate surface area is 357 Å². The van der Waals surface area contributed by atoms with Crippen molar-refractivity contribution in [1.82, 2.24) is 31.0 Å². The van der Waals surface area contributed by atoms with Gasteiger partial charge in [0.25, 0.3) is 0 Å². The van der Waals surface area contributed by atoms with E-state index in [0.29, 0.717) is 22.5 Å². The summed E-state index contributed by atoms with van der Waals surface area (Å²) in [5.41, 5.74) is 7.11. The van der Waals surface area contributed by atoms with Crippen LogP contribution in [0.15, 0.2) is 190 Å². The highest BCUT2D eigenvalue weighted by molar-refractivity contribution is 7.92. The molecule has 8 rings (SSSR count). The molecule has 0 aliphatic carbocycles. The Balaban J connectivity index is 0.920. The third kappa shape index (κ3) is 9.31. The Morgan fingerprint density at radius 1 is 0.468 bits per heavy atom. The fraction of sp³-hybridized carbons (Fsp3) is 0.0435. The van der Waals surface area contributed by atoms with Crippen LogP contribution in [0, 0.1) is 0 Å². The highest BCUT2D eigenvalue weighted by Gasteiger charge is 2.23. The van der Waals surface area contributed by atoms with E-state index in [-0.39, 0.29) is 32.7 Å². The lowest BCUT2D eigenvalue weighted by atomic mass is 9.98. The third-order valence-electron chi connectivity index (χ3n) is 9.93. The van der Waals surface area contributed by atoms with Crippen molar-refractivity contribution in [3.05, 3.63) is 182 Å². The highest BCUT2D eigenvalue weighted by atomic mass is 32.2. The summed E-state index contributed by atoms with van der Waals surface area (Å²) >= 11 is 0. The lowest BCUT2D eigenvalue weighted by molar-refractivity contribution is 0.251. The van der Waals surface area contributed by atoms with Gasteiger partial charge in [-0.3, -0.25) is 10.2 Å². The number of carbonyl (C=O) groups excluding carboxylic acids is 2. The normalized spacial score (nSPS) is 11.4. The average Bonchev–Trinajstić information content (AvgIpc) is 4.04. The van der Waals surface area contributed by atoms with Crippen LogP contribution < -0.4 is 21.3 Å². The summed E-state index contributed by atoms with van der Waals surface area (Å²) in [5.74, 6) is 0. The summed E-state index contributed by atoms with van der Waals surface area (Å²) in [4.78, 5) is 25.1. The van der Waals surface area contributed by atoms with Gasteiger partial charge < -0.3 is 21.3 Å². The number of aromatic amines is 2. The van der Waals surface area contributed by atoms with Crippen molar-refractivity contribution < 1.29 is 26.4 Å². The summed E-state index contributed by atoms with van der Waals surface area (Å²) in [7, 11) is -7.80. The molecule has 62 heavy (non-hydrogen) atoms. The smallest absolute Gasteiger partial charge is 0.319 e. The second-order valence-corrected chi connectivity index (χ2v) is 17.9. The zero-order valence-electron chi connectivity index (χ0n) is 32.7. The first-order chi connectivity index (χ1) is 30.0. The van der Waals surface area contributed by atoms with Crippen LogP contribution in [0.5, 0.6) is 0 Å². The summed E-state index contributed by atoms with van der Waals surface area (Å²) < 4.78 is 55.1. The monoisotopic (exact) mass is 862 g/mol. The van der Waals surface area contributed by atoms with E-state index in [4.69, 9.17) is 0 Å². The number of nitrogens with one attached hydrogen (secondary N) is 6. The predicted octanol–water partition coefficient (Wildman–Crippen LogP) is 8.44. The standard InChI is InChI=1S/C46H38N8O6S2/c55-45(47-25-31-27-49-50-28-31)53-38-16-20-40(21-17-38)61(57,58)42-5-3-4-37(24-42)35-10-8-33(9-11-35)34-12-14-36(15-13-34)43-6-1-2-7-44(43)62(59,60)41-22-18-39(19-23-41)54-46(56)48-26-32-29-51-52-30-32/h1-24,27-30H,25-26H2,(H,49,50)(H,51,52)(H2,47,53,55)(H2,48,54,56). The molecule has 6 aromatic carbocycles. The number of urea groups is 2. The molecule has 2 heterocycles. The van der Waals surface area contributed by atoms with Crippen LogP contribution in [0.3, 0.4) is 0 Å². The lowest BCUT2D eigenvalue weighted by Crippen LogP contribution is -2.28. The van der Waals surface area contributed by atoms with Gasteiger partial charge in [-0.05, 0) is 94.5 Å². The van der Waals surface area contributed by atoms with E-state index in [0.717, 1.165) is 33.4 Å². The van der Waals surface area contributed by atoms with Gasteiger partial charge in [0.15, 0.2) is 0 Å². The molecule has 0 spiro atoms. The Morgan fingerprint density at radius 2 is 0.935 bits per heavy atom. The van der Waals surface area contributed by atoms with E-state index in [1.54, 1.807) is 79.4 Å². The minimum Gasteiger partial charge on any atom is -0.334 e. The Kier molecular flexibility index (Phi) is 11.8. The third-order valence-corrected chi connectivity index (χ3v) is 13.5. The summed E-state index contributed by atoms with van der Waals surface area (Å²) in [6.45, 7) is 0.562. The zero-order valence-corrected chi connectivity index (χ0v) is 34.4. The van der Waals surface area contributed by atoms with Gasteiger partial charge in [-0.15, -0.1) is 0 Å². The number of rotatable bonds is 13. The van der Waals surface area contributed by atoms with E-state index in [1.807, 2.05) is 54.6 Å². The topological polar surface area (TPSA) is 208 Å². The van der Waals surface area contributed by atoms with Gasteiger partial charge in [-0.1, -0.05) is 78.9 Å². The Bertz CT molecular complexity index is 3050. The van der Waals surface area contributed by atoms with Crippen LogP contribution >= 0.6 is 0 Å². The van der Waals surface area contributed by atoms with E-state index in [1.165, 1.54) is 36.4 Å². The molecule has 14 nitrogen and oxygen atoms in total.